The molecule has 1 aliphatic heterocycles. The third-order valence-electron chi connectivity index (χ3n) is 4.31. The molecule has 1 saturated heterocycles. The second-order valence-electron chi connectivity index (χ2n) is 6.23. The highest BCUT2D eigenvalue weighted by molar-refractivity contribution is 5.94. The normalized spacial score (nSPS) is 16.8. The first kappa shape index (κ1) is 16.5. The molecule has 0 saturated carbocycles. The molecule has 0 bridgehead atoms. The molecule has 1 atom stereocenters. The number of aromatic nitrogens is 1. The molecule has 126 valence electrons. The topological polar surface area (TPSA) is 63.2 Å². The van der Waals surface area contributed by atoms with E-state index in [0.717, 1.165) is 30.8 Å². The molecule has 5 heteroatoms. The zero-order valence-corrected chi connectivity index (χ0v) is 14.1. The van der Waals surface area contributed by atoms with Gasteiger partial charge < -0.3 is 15.4 Å². The van der Waals surface area contributed by atoms with E-state index < -0.39 is 0 Å². The first-order valence-electron chi connectivity index (χ1n) is 8.31. The van der Waals surface area contributed by atoms with Gasteiger partial charge in [-0.25, -0.2) is 0 Å². The number of aryl methyl sites for hydroxylation is 2. The van der Waals surface area contributed by atoms with Crippen LogP contribution in [0.3, 0.4) is 0 Å². The van der Waals surface area contributed by atoms with Crippen LogP contribution in [0.1, 0.15) is 34.3 Å². The number of hydrogen-bond donors (Lipinski definition) is 2. The van der Waals surface area contributed by atoms with Gasteiger partial charge in [0, 0.05) is 25.0 Å². The van der Waals surface area contributed by atoms with E-state index in [1.54, 1.807) is 12.4 Å². The Morgan fingerprint density at radius 1 is 1.21 bits per heavy atom. The van der Waals surface area contributed by atoms with Gasteiger partial charge in [-0.3, -0.25) is 9.78 Å². The van der Waals surface area contributed by atoms with Gasteiger partial charge in [0.2, 0.25) is 0 Å². The highest BCUT2D eigenvalue weighted by atomic mass is 16.5. The highest BCUT2D eigenvalue weighted by Crippen LogP contribution is 2.20. The van der Waals surface area contributed by atoms with Gasteiger partial charge in [-0.2, -0.15) is 0 Å². The zero-order valence-electron chi connectivity index (χ0n) is 14.1. The first-order valence-corrected chi connectivity index (χ1v) is 8.31. The van der Waals surface area contributed by atoms with Crippen LogP contribution in [-0.2, 0) is 4.74 Å². The van der Waals surface area contributed by atoms with Crippen LogP contribution >= 0.6 is 0 Å². The van der Waals surface area contributed by atoms with Crippen LogP contribution < -0.4 is 10.6 Å². The predicted molar refractivity (Wildman–Crippen MR) is 94.7 cm³/mol. The van der Waals surface area contributed by atoms with Crippen LogP contribution in [0.2, 0.25) is 0 Å². The molecule has 0 spiro atoms. The van der Waals surface area contributed by atoms with Crippen molar-refractivity contribution < 1.29 is 9.53 Å². The monoisotopic (exact) mass is 325 g/mol. The van der Waals surface area contributed by atoms with Crippen molar-refractivity contribution in [2.45, 2.75) is 32.8 Å². The van der Waals surface area contributed by atoms with E-state index in [9.17, 15) is 4.79 Å². The van der Waals surface area contributed by atoms with Crippen LogP contribution in [0, 0.1) is 13.8 Å². The Bertz CT molecular complexity index is 724. The van der Waals surface area contributed by atoms with Crippen molar-refractivity contribution in [3.05, 3.63) is 53.3 Å². The summed E-state index contributed by atoms with van der Waals surface area (Å²) in [5, 5.41) is 6.21. The summed E-state index contributed by atoms with van der Waals surface area (Å²) in [5.74, 6) is -0.123. The number of pyridine rings is 1. The minimum Gasteiger partial charge on any atom is -0.376 e. The van der Waals surface area contributed by atoms with Crippen molar-refractivity contribution in [1.82, 2.24) is 10.3 Å². The third kappa shape index (κ3) is 4.11. The van der Waals surface area contributed by atoms with E-state index in [4.69, 9.17) is 4.74 Å². The Hall–Kier alpha value is -2.40. The maximum atomic E-state index is 12.3. The molecule has 2 heterocycles. The van der Waals surface area contributed by atoms with Gasteiger partial charge >= 0.3 is 0 Å². The largest absolute Gasteiger partial charge is 0.376 e. The predicted octanol–water partition coefficient (Wildman–Crippen LogP) is 3.35. The van der Waals surface area contributed by atoms with Crippen molar-refractivity contribution >= 4 is 17.3 Å². The zero-order chi connectivity index (χ0) is 16.9. The maximum Gasteiger partial charge on any atom is 0.253 e. The number of nitrogens with zero attached hydrogens (tertiary/aromatic N) is 1. The highest BCUT2D eigenvalue weighted by Gasteiger charge is 2.16. The van der Waals surface area contributed by atoms with Crippen LogP contribution in [-0.4, -0.2) is 30.1 Å². The summed E-state index contributed by atoms with van der Waals surface area (Å²) in [4.78, 5) is 16.4. The first-order chi connectivity index (χ1) is 11.6. The van der Waals surface area contributed by atoms with Crippen molar-refractivity contribution in [2.24, 2.45) is 0 Å². The fourth-order valence-corrected chi connectivity index (χ4v) is 2.73. The number of anilines is 2. The lowest BCUT2D eigenvalue weighted by Gasteiger charge is -2.12. The van der Waals surface area contributed by atoms with E-state index >= 15 is 0 Å². The number of benzene rings is 1. The van der Waals surface area contributed by atoms with Crippen molar-refractivity contribution in [2.75, 3.05) is 18.5 Å². The molecule has 1 amide bonds. The average molecular weight is 325 g/mol. The summed E-state index contributed by atoms with van der Waals surface area (Å²) in [6, 6.07) is 7.99. The summed E-state index contributed by atoms with van der Waals surface area (Å²) < 4.78 is 5.52. The van der Waals surface area contributed by atoms with Crippen molar-refractivity contribution in [1.29, 1.82) is 0 Å². The summed E-state index contributed by atoms with van der Waals surface area (Å²) in [5.41, 5.74) is 4.79. The van der Waals surface area contributed by atoms with Gasteiger partial charge in [0.15, 0.2) is 0 Å². The Balaban J connectivity index is 1.64. The Kier molecular flexibility index (Phi) is 5.11. The molecule has 1 aromatic heterocycles. The van der Waals surface area contributed by atoms with Gasteiger partial charge in [0.05, 0.1) is 23.6 Å². The molecular formula is C19H23N3O2. The molecule has 1 aromatic carbocycles. The van der Waals surface area contributed by atoms with Gasteiger partial charge in [0.1, 0.15) is 0 Å². The van der Waals surface area contributed by atoms with E-state index in [1.807, 2.05) is 12.1 Å². The molecule has 1 fully saturated rings. The smallest absolute Gasteiger partial charge is 0.253 e. The van der Waals surface area contributed by atoms with Crippen molar-refractivity contribution in [3.63, 3.8) is 0 Å². The van der Waals surface area contributed by atoms with E-state index in [-0.39, 0.29) is 12.0 Å². The number of nitrogens with one attached hydrogen (secondary N) is 2. The number of carbonyl (C=O) groups is 1. The number of hydrogen-bond acceptors (Lipinski definition) is 4. The van der Waals surface area contributed by atoms with Crippen LogP contribution in [0.5, 0.6) is 0 Å². The second kappa shape index (κ2) is 7.45. The van der Waals surface area contributed by atoms with E-state index in [0.29, 0.717) is 12.1 Å². The molecule has 0 radical (unpaired) electrons. The molecule has 2 aromatic rings. The summed E-state index contributed by atoms with van der Waals surface area (Å²) >= 11 is 0. The fraction of sp³-hybridized carbons (Fsp3) is 0.368. The third-order valence-corrected chi connectivity index (χ3v) is 4.31. The fourth-order valence-electron chi connectivity index (χ4n) is 2.73. The lowest BCUT2D eigenvalue weighted by molar-refractivity contribution is 0.0857. The van der Waals surface area contributed by atoms with Gasteiger partial charge in [0.25, 0.3) is 5.91 Å². The minimum absolute atomic E-state index is 0.123. The Morgan fingerprint density at radius 2 is 2.08 bits per heavy atom. The maximum absolute atomic E-state index is 12.3. The quantitative estimate of drug-likeness (QED) is 0.885. The van der Waals surface area contributed by atoms with Crippen LogP contribution in [0.15, 0.2) is 36.7 Å². The van der Waals surface area contributed by atoms with Gasteiger partial charge in [-0.05, 0) is 56.0 Å². The van der Waals surface area contributed by atoms with Crippen LogP contribution in [0.25, 0.3) is 0 Å². The molecule has 0 aliphatic carbocycles. The lowest BCUT2D eigenvalue weighted by atomic mass is 10.1. The molecular weight excluding hydrogens is 302 g/mol. The number of ether oxygens (including phenoxy) is 1. The van der Waals surface area contributed by atoms with Gasteiger partial charge in [-0.1, -0.05) is 6.07 Å². The molecule has 5 nitrogen and oxygen atoms in total. The molecule has 1 aliphatic rings. The SMILES string of the molecule is Cc1ccc(Nc2cncc(C(=O)NCC3CCCO3)c2)cc1C. The molecule has 24 heavy (non-hydrogen) atoms. The number of amides is 1. The minimum atomic E-state index is -0.123. The Labute approximate surface area is 142 Å². The standard InChI is InChI=1S/C19H23N3O2/c1-13-5-6-16(8-14(13)2)22-17-9-15(10-20-11-17)19(23)21-12-18-4-3-7-24-18/h5-6,8-11,18,22H,3-4,7,12H2,1-2H3,(H,21,23). The summed E-state index contributed by atoms with van der Waals surface area (Å²) in [6.45, 7) is 5.50. The van der Waals surface area contributed by atoms with E-state index in [1.165, 1.54) is 11.1 Å². The molecule has 3 rings (SSSR count). The molecule has 1 unspecified atom stereocenters. The lowest BCUT2D eigenvalue weighted by Crippen LogP contribution is -2.31. The molecule has 2 N–H and O–H groups in total. The van der Waals surface area contributed by atoms with Crippen LogP contribution in [0.4, 0.5) is 11.4 Å². The number of carbonyl (C=O) groups excluding carboxylic acids is 1. The number of rotatable bonds is 5. The average Bonchev–Trinajstić information content (AvgIpc) is 3.10. The summed E-state index contributed by atoms with van der Waals surface area (Å²) in [7, 11) is 0. The van der Waals surface area contributed by atoms with E-state index in [2.05, 4.69) is 41.6 Å². The second-order valence-corrected chi connectivity index (χ2v) is 6.23. The van der Waals surface area contributed by atoms with Crippen molar-refractivity contribution in [3.8, 4) is 0 Å². The Morgan fingerprint density at radius 3 is 2.83 bits per heavy atom. The van der Waals surface area contributed by atoms with Gasteiger partial charge in [-0.15, -0.1) is 0 Å². The summed E-state index contributed by atoms with van der Waals surface area (Å²) in [6.07, 6.45) is 5.51.